The largest absolute Gasteiger partial charge is 0.346 e. The molecule has 0 fully saturated rings. The molecule has 1 amide bonds. The van der Waals surface area contributed by atoms with Crippen molar-refractivity contribution in [3.05, 3.63) is 58.3 Å². The van der Waals surface area contributed by atoms with Crippen LogP contribution in [0.3, 0.4) is 0 Å². The molecule has 0 saturated heterocycles. The van der Waals surface area contributed by atoms with Crippen LogP contribution in [-0.2, 0) is 6.54 Å². The zero-order valence-electron chi connectivity index (χ0n) is 14.0. The molecule has 25 heavy (non-hydrogen) atoms. The Kier molecular flexibility index (Phi) is 4.43. The summed E-state index contributed by atoms with van der Waals surface area (Å²) < 4.78 is 27.3. The molecule has 0 atom stereocenters. The second-order valence-electron chi connectivity index (χ2n) is 5.88. The molecule has 6 nitrogen and oxygen atoms in total. The average molecular weight is 345 g/mol. The summed E-state index contributed by atoms with van der Waals surface area (Å²) in [7, 11) is 0. The zero-order chi connectivity index (χ0) is 18.1. The number of hydrogen-bond donors (Lipinski definition) is 1. The normalized spacial score (nSPS) is 11.3. The van der Waals surface area contributed by atoms with Crippen molar-refractivity contribution < 1.29 is 13.6 Å². The number of carbonyl (C=O) groups excluding carboxylic acids is 1. The van der Waals surface area contributed by atoms with Crippen molar-refractivity contribution in [1.29, 1.82) is 0 Å². The van der Waals surface area contributed by atoms with Crippen LogP contribution in [0.25, 0.3) is 5.65 Å². The molecular weight excluding hydrogens is 328 g/mol. The van der Waals surface area contributed by atoms with Crippen LogP contribution in [0.15, 0.2) is 24.5 Å². The van der Waals surface area contributed by atoms with Gasteiger partial charge in [-0.3, -0.25) is 9.78 Å². The number of halogens is 2. The lowest BCUT2D eigenvalue weighted by atomic mass is 10.1. The number of aromatic nitrogens is 4. The van der Waals surface area contributed by atoms with E-state index >= 15 is 0 Å². The molecule has 3 aromatic rings. The number of aryl methyl sites for hydroxylation is 3. The van der Waals surface area contributed by atoms with Crippen molar-refractivity contribution in [2.75, 3.05) is 0 Å². The van der Waals surface area contributed by atoms with Crippen LogP contribution < -0.4 is 5.32 Å². The molecule has 0 spiro atoms. The Morgan fingerprint density at radius 1 is 1.24 bits per heavy atom. The fraction of sp³-hybridized carbons (Fsp3) is 0.294. The van der Waals surface area contributed by atoms with Crippen LogP contribution in [0.2, 0.25) is 0 Å². The quantitative estimate of drug-likeness (QED) is 0.789. The van der Waals surface area contributed by atoms with E-state index in [-0.39, 0.29) is 23.4 Å². The van der Waals surface area contributed by atoms with Crippen molar-refractivity contribution in [2.24, 2.45) is 0 Å². The Morgan fingerprint density at radius 3 is 2.68 bits per heavy atom. The van der Waals surface area contributed by atoms with Crippen LogP contribution in [0.4, 0.5) is 8.78 Å². The van der Waals surface area contributed by atoms with Crippen LogP contribution in [0, 0.1) is 20.8 Å². The Labute approximate surface area is 142 Å². The highest BCUT2D eigenvalue weighted by molar-refractivity contribution is 5.99. The molecule has 3 heterocycles. The smallest absolute Gasteiger partial charge is 0.280 e. The van der Waals surface area contributed by atoms with E-state index in [1.54, 1.807) is 13.1 Å². The van der Waals surface area contributed by atoms with E-state index in [4.69, 9.17) is 0 Å². The lowest BCUT2D eigenvalue weighted by Crippen LogP contribution is -2.24. The predicted octanol–water partition coefficient (Wildman–Crippen LogP) is 2.92. The predicted molar refractivity (Wildman–Crippen MR) is 87.6 cm³/mol. The molecule has 3 aromatic heterocycles. The summed E-state index contributed by atoms with van der Waals surface area (Å²) in [5.41, 5.74) is 3.11. The first kappa shape index (κ1) is 16.9. The highest BCUT2D eigenvalue weighted by Crippen LogP contribution is 2.21. The first-order valence-corrected chi connectivity index (χ1v) is 7.70. The van der Waals surface area contributed by atoms with E-state index in [0.717, 1.165) is 21.3 Å². The summed E-state index contributed by atoms with van der Waals surface area (Å²) >= 11 is 0. The SMILES string of the molecule is Cc1cnc(CNC(=O)c2cnn3c(C(F)F)cc(C)nc23)c(C)c1. The third-order valence-electron chi connectivity index (χ3n) is 3.84. The number of alkyl halides is 2. The van der Waals surface area contributed by atoms with Gasteiger partial charge in [-0.25, -0.2) is 18.3 Å². The van der Waals surface area contributed by atoms with Crippen LogP contribution in [0.1, 0.15) is 45.0 Å². The van der Waals surface area contributed by atoms with Gasteiger partial charge in [0.25, 0.3) is 12.3 Å². The lowest BCUT2D eigenvalue weighted by Gasteiger charge is -2.08. The Bertz CT molecular complexity index is 952. The van der Waals surface area contributed by atoms with E-state index in [9.17, 15) is 13.6 Å². The van der Waals surface area contributed by atoms with Gasteiger partial charge in [-0.1, -0.05) is 6.07 Å². The first-order chi connectivity index (χ1) is 11.9. The molecule has 0 aliphatic rings. The first-order valence-electron chi connectivity index (χ1n) is 7.70. The molecule has 0 aliphatic carbocycles. The Balaban J connectivity index is 1.87. The zero-order valence-corrected chi connectivity index (χ0v) is 14.0. The number of nitrogens with one attached hydrogen (secondary N) is 1. The maximum atomic E-state index is 13.1. The highest BCUT2D eigenvalue weighted by atomic mass is 19.3. The molecule has 0 bridgehead atoms. The molecule has 0 radical (unpaired) electrons. The number of amides is 1. The van der Waals surface area contributed by atoms with Crippen molar-refractivity contribution in [1.82, 2.24) is 24.9 Å². The molecule has 0 aromatic carbocycles. The number of carbonyl (C=O) groups is 1. The van der Waals surface area contributed by atoms with Crippen LogP contribution in [-0.4, -0.2) is 25.5 Å². The fourth-order valence-corrected chi connectivity index (χ4v) is 2.62. The maximum absolute atomic E-state index is 13.1. The monoisotopic (exact) mass is 345 g/mol. The van der Waals surface area contributed by atoms with Crippen LogP contribution >= 0.6 is 0 Å². The number of nitrogens with zero attached hydrogens (tertiary/aromatic N) is 4. The third-order valence-corrected chi connectivity index (χ3v) is 3.84. The molecular formula is C17H17F2N5O. The topological polar surface area (TPSA) is 72.2 Å². The molecule has 0 saturated carbocycles. The van der Waals surface area contributed by atoms with Gasteiger partial charge in [-0.15, -0.1) is 0 Å². The van der Waals surface area contributed by atoms with Crippen molar-refractivity contribution in [3.63, 3.8) is 0 Å². The standard InChI is InChI=1S/C17H17F2N5O/c1-9-4-10(2)13(20-6-9)8-21-17(25)12-7-22-24-14(15(18)19)5-11(3)23-16(12)24/h4-7,15H,8H2,1-3H3,(H,21,25). The number of rotatable bonds is 4. The van der Waals surface area contributed by atoms with Crippen molar-refractivity contribution in [3.8, 4) is 0 Å². The summed E-state index contributed by atoms with van der Waals surface area (Å²) in [5, 5.41) is 6.62. The van der Waals surface area contributed by atoms with Gasteiger partial charge in [0.05, 0.1) is 18.4 Å². The van der Waals surface area contributed by atoms with Gasteiger partial charge in [0, 0.05) is 11.9 Å². The van der Waals surface area contributed by atoms with Gasteiger partial charge in [0.1, 0.15) is 11.3 Å². The second kappa shape index (κ2) is 6.54. The Hall–Kier alpha value is -2.90. The van der Waals surface area contributed by atoms with Crippen molar-refractivity contribution >= 4 is 11.6 Å². The average Bonchev–Trinajstić information content (AvgIpc) is 2.96. The van der Waals surface area contributed by atoms with E-state index in [2.05, 4.69) is 20.4 Å². The molecule has 0 unspecified atom stereocenters. The van der Waals surface area contributed by atoms with E-state index in [1.165, 1.54) is 12.3 Å². The Morgan fingerprint density at radius 2 is 2.00 bits per heavy atom. The third kappa shape index (κ3) is 3.33. The highest BCUT2D eigenvalue weighted by Gasteiger charge is 2.20. The van der Waals surface area contributed by atoms with Gasteiger partial charge in [0.2, 0.25) is 0 Å². The minimum Gasteiger partial charge on any atom is -0.346 e. The summed E-state index contributed by atoms with van der Waals surface area (Å²) in [6, 6.07) is 3.23. The molecule has 130 valence electrons. The van der Waals surface area contributed by atoms with Gasteiger partial charge < -0.3 is 5.32 Å². The molecule has 8 heteroatoms. The van der Waals surface area contributed by atoms with Crippen LogP contribution in [0.5, 0.6) is 0 Å². The molecule has 1 N–H and O–H groups in total. The minimum absolute atomic E-state index is 0.112. The molecule has 3 rings (SSSR count). The maximum Gasteiger partial charge on any atom is 0.280 e. The number of pyridine rings is 1. The van der Waals surface area contributed by atoms with Gasteiger partial charge >= 0.3 is 0 Å². The van der Waals surface area contributed by atoms with E-state index in [1.807, 2.05) is 19.9 Å². The summed E-state index contributed by atoms with van der Waals surface area (Å²) in [4.78, 5) is 20.9. The van der Waals surface area contributed by atoms with E-state index < -0.39 is 12.3 Å². The number of hydrogen-bond acceptors (Lipinski definition) is 4. The van der Waals surface area contributed by atoms with Gasteiger partial charge in [0.15, 0.2) is 5.65 Å². The molecule has 0 aliphatic heterocycles. The van der Waals surface area contributed by atoms with E-state index in [0.29, 0.717) is 5.69 Å². The number of fused-ring (bicyclic) bond motifs is 1. The minimum atomic E-state index is -2.71. The summed E-state index contributed by atoms with van der Waals surface area (Å²) in [6.45, 7) is 5.68. The van der Waals surface area contributed by atoms with Gasteiger partial charge in [-0.05, 0) is 38.0 Å². The second-order valence-corrected chi connectivity index (χ2v) is 5.88. The summed E-state index contributed by atoms with van der Waals surface area (Å²) in [6.07, 6.45) is 0.265. The summed E-state index contributed by atoms with van der Waals surface area (Å²) in [5.74, 6) is -0.435. The fourth-order valence-electron chi connectivity index (χ4n) is 2.62. The van der Waals surface area contributed by atoms with Gasteiger partial charge in [-0.2, -0.15) is 5.10 Å². The lowest BCUT2D eigenvalue weighted by molar-refractivity contribution is 0.0951. The van der Waals surface area contributed by atoms with Crippen molar-refractivity contribution in [2.45, 2.75) is 33.7 Å².